The molecule has 4 bridgehead atoms. The molecule has 2 aromatic rings. The average molecular weight is 412 g/mol. The van der Waals surface area contributed by atoms with Crippen molar-refractivity contribution in [2.75, 3.05) is 13.7 Å². The number of non-ortho nitro benzene ring substituents is 1. The molecule has 1 aromatic heterocycles. The SMILES string of the molecule is COc1cc([N+](=O)[O-])cc2cc(C(=O)NCC34CC5CC(CC(C5)C3)C4)c(=O)oc12. The Bertz CT molecular complexity index is 1070. The number of nitrogens with zero attached hydrogens (tertiary/aromatic N) is 1. The molecular formula is C22H24N2O6. The second-order valence-electron chi connectivity index (χ2n) is 9.37. The molecule has 0 unspecified atom stereocenters. The Hall–Kier alpha value is -2.90. The Balaban J connectivity index is 1.41. The zero-order valence-corrected chi connectivity index (χ0v) is 16.8. The lowest BCUT2D eigenvalue weighted by Gasteiger charge is -2.56. The van der Waals surface area contributed by atoms with Gasteiger partial charge in [0.1, 0.15) is 5.56 Å². The van der Waals surface area contributed by atoms with E-state index in [4.69, 9.17) is 9.15 Å². The van der Waals surface area contributed by atoms with Crippen LogP contribution in [0.15, 0.2) is 27.4 Å². The highest BCUT2D eigenvalue weighted by atomic mass is 16.6. The summed E-state index contributed by atoms with van der Waals surface area (Å²) in [6.07, 6.45) is 7.41. The van der Waals surface area contributed by atoms with Crippen molar-refractivity contribution in [1.29, 1.82) is 0 Å². The topological polar surface area (TPSA) is 112 Å². The van der Waals surface area contributed by atoms with Crippen molar-refractivity contribution in [2.45, 2.75) is 38.5 Å². The number of amides is 1. The van der Waals surface area contributed by atoms with E-state index >= 15 is 0 Å². The zero-order valence-electron chi connectivity index (χ0n) is 16.8. The molecule has 158 valence electrons. The predicted molar refractivity (Wildman–Crippen MR) is 109 cm³/mol. The van der Waals surface area contributed by atoms with Crippen molar-refractivity contribution in [3.63, 3.8) is 0 Å². The van der Waals surface area contributed by atoms with Crippen LogP contribution in [-0.4, -0.2) is 24.5 Å². The number of benzene rings is 1. The molecule has 1 heterocycles. The van der Waals surface area contributed by atoms with Crippen molar-refractivity contribution in [2.24, 2.45) is 23.2 Å². The Labute approximate surface area is 172 Å². The van der Waals surface area contributed by atoms with E-state index in [2.05, 4.69) is 5.32 Å². The Morgan fingerprint density at radius 3 is 2.40 bits per heavy atom. The van der Waals surface area contributed by atoms with Crippen LogP contribution in [-0.2, 0) is 0 Å². The Kier molecular flexibility index (Phi) is 4.34. The molecule has 4 aliphatic carbocycles. The van der Waals surface area contributed by atoms with Crippen LogP contribution in [0.5, 0.6) is 5.75 Å². The van der Waals surface area contributed by atoms with Gasteiger partial charge in [0.2, 0.25) is 0 Å². The number of hydrogen-bond acceptors (Lipinski definition) is 6. The molecule has 4 fully saturated rings. The summed E-state index contributed by atoms with van der Waals surface area (Å²) < 4.78 is 10.4. The molecule has 0 spiro atoms. The monoisotopic (exact) mass is 412 g/mol. The minimum absolute atomic E-state index is 0.0804. The van der Waals surface area contributed by atoms with Crippen LogP contribution in [0.2, 0.25) is 0 Å². The summed E-state index contributed by atoms with van der Waals surface area (Å²) in [4.78, 5) is 35.9. The highest BCUT2D eigenvalue weighted by Gasteiger charge is 2.50. The molecule has 1 amide bonds. The molecule has 0 radical (unpaired) electrons. The van der Waals surface area contributed by atoms with Gasteiger partial charge >= 0.3 is 5.63 Å². The summed E-state index contributed by atoms with van der Waals surface area (Å²) in [7, 11) is 1.34. The first kappa shape index (κ1) is 19.1. The number of hydrogen-bond donors (Lipinski definition) is 1. The fourth-order valence-corrected chi connectivity index (χ4v) is 6.47. The van der Waals surface area contributed by atoms with Gasteiger partial charge in [-0.1, -0.05) is 0 Å². The van der Waals surface area contributed by atoms with E-state index in [0.29, 0.717) is 6.54 Å². The number of carbonyl (C=O) groups excluding carboxylic acids is 1. The van der Waals surface area contributed by atoms with E-state index < -0.39 is 16.5 Å². The average Bonchev–Trinajstić information content (AvgIpc) is 2.69. The van der Waals surface area contributed by atoms with E-state index in [1.165, 1.54) is 44.6 Å². The molecule has 1 aromatic carbocycles. The third-order valence-corrected chi connectivity index (χ3v) is 7.25. The van der Waals surface area contributed by atoms with Gasteiger partial charge < -0.3 is 14.5 Å². The lowest BCUT2D eigenvalue weighted by atomic mass is 9.49. The first-order valence-corrected chi connectivity index (χ1v) is 10.4. The maximum Gasteiger partial charge on any atom is 0.349 e. The van der Waals surface area contributed by atoms with Crippen molar-refractivity contribution in [3.8, 4) is 5.75 Å². The number of nitro benzene ring substituents is 1. The van der Waals surface area contributed by atoms with Gasteiger partial charge in [0.05, 0.1) is 18.1 Å². The van der Waals surface area contributed by atoms with E-state index in [1.807, 2.05) is 0 Å². The standard InChI is InChI=1S/C22H24N2O6/c1-29-18-7-16(24(27)28)5-15-6-17(21(26)30-19(15)18)20(25)23-11-22-8-12-2-13(9-22)4-14(3-12)10-22/h5-7,12-14H,2-4,8-11H2,1H3,(H,23,25). The van der Waals surface area contributed by atoms with Gasteiger partial charge in [-0.3, -0.25) is 14.9 Å². The third kappa shape index (κ3) is 3.14. The molecule has 30 heavy (non-hydrogen) atoms. The molecule has 8 heteroatoms. The first-order valence-electron chi connectivity index (χ1n) is 10.4. The number of nitrogens with one attached hydrogen (secondary N) is 1. The number of fused-ring (bicyclic) bond motifs is 1. The third-order valence-electron chi connectivity index (χ3n) is 7.25. The van der Waals surface area contributed by atoms with Crippen LogP contribution in [0.3, 0.4) is 0 Å². The van der Waals surface area contributed by atoms with Gasteiger partial charge in [-0.15, -0.1) is 0 Å². The Morgan fingerprint density at radius 2 is 1.83 bits per heavy atom. The van der Waals surface area contributed by atoms with Gasteiger partial charge in [0.15, 0.2) is 11.3 Å². The largest absolute Gasteiger partial charge is 0.493 e. The quantitative estimate of drug-likeness (QED) is 0.456. The van der Waals surface area contributed by atoms with Gasteiger partial charge in [-0.05, 0) is 67.8 Å². The normalized spacial score (nSPS) is 29.2. The molecule has 6 rings (SSSR count). The van der Waals surface area contributed by atoms with Crippen LogP contribution < -0.4 is 15.7 Å². The summed E-state index contributed by atoms with van der Waals surface area (Å²) in [5.41, 5.74) is -0.894. The second-order valence-corrected chi connectivity index (χ2v) is 9.37. The maximum absolute atomic E-state index is 12.8. The van der Waals surface area contributed by atoms with E-state index in [0.717, 1.165) is 37.0 Å². The van der Waals surface area contributed by atoms with E-state index in [-0.39, 0.29) is 33.4 Å². The minimum Gasteiger partial charge on any atom is -0.493 e. The number of nitro groups is 1. The van der Waals surface area contributed by atoms with Gasteiger partial charge in [0, 0.05) is 18.0 Å². The van der Waals surface area contributed by atoms with Gasteiger partial charge in [-0.2, -0.15) is 0 Å². The highest BCUT2D eigenvalue weighted by molar-refractivity contribution is 5.97. The van der Waals surface area contributed by atoms with Crippen LogP contribution in [0, 0.1) is 33.3 Å². The van der Waals surface area contributed by atoms with Crippen molar-refractivity contribution in [3.05, 3.63) is 44.3 Å². The number of rotatable bonds is 5. The zero-order chi connectivity index (χ0) is 21.0. The van der Waals surface area contributed by atoms with Crippen molar-refractivity contribution < 1.29 is 18.9 Å². The summed E-state index contributed by atoms with van der Waals surface area (Å²) in [5.74, 6) is 1.90. The molecule has 4 aliphatic rings. The minimum atomic E-state index is -0.780. The van der Waals surface area contributed by atoms with Gasteiger partial charge in [0.25, 0.3) is 11.6 Å². The smallest absolute Gasteiger partial charge is 0.349 e. The summed E-state index contributed by atoms with van der Waals surface area (Å²) in [5, 5.41) is 14.4. The first-order chi connectivity index (χ1) is 14.4. The van der Waals surface area contributed by atoms with Crippen molar-refractivity contribution in [1.82, 2.24) is 5.32 Å². The predicted octanol–water partition coefficient (Wildman–Crippen LogP) is 3.66. The molecule has 0 aliphatic heterocycles. The van der Waals surface area contributed by atoms with E-state index in [9.17, 15) is 19.7 Å². The van der Waals surface area contributed by atoms with Crippen LogP contribution in [0.1, 0.15) is 48.9 Å². The summed E-state index contributed by atoms with van der Waals surface area (Å²) >= 11 is 0. The molecule has 1 N–H and O–H groups in total. The maximum atomic E-state index is 12.8. The molecule has 4 saturated carbocycles. The van der Waals surface area contributed by atoms with Gasteiger partial charge in [-0.25, -0.2) is 4.79 Å². The van der Waals surface area contributed by atoms with Crippen LogP contribution >= 0.6 is 0 Å². The lowest BCUT2D eigenvalue weighted by Crippen LogP contribution is -2.51. The van der Waals surface area contributed by atoms with Crippen LogP contribution in [0.4, 0.5) is 5.69 Å². The molecule has 8 nitrogen and oxygen atoms in total. The Morgan fingerprint density at radius 1 is 1.20 bits per heavy atom. The number of ether oxygens (including phenoxy) is 1. The second kappa shape index (κ2) is 6.82. The molecule has 0 saturated heterocycles. The highest BCUT2D eigenvalue weighted by Crippen LogP contribution is 2.59. The fourth-order valence-electron chi connectivity index (χ4n) is 6.47. The van der Waals surface area contributed by atoms with Crippen molar-refractivity contribution >= 4 is 22.6 Å². The fraction of sp³-hybridized carbons (Fsp3) is 0.545. The summed E-state index contributed by atoms with van der Waals surface area (Å²) in [6, 6.07) is 3.82. The number of carbonyl (C=O) groups is 1. The van der Waals surface area contributed by atoms with E-state index in [1.54, 1.807) is 0 Å². The molecular weight excluding hydrogens is 388 g/mol. The summed E-state index contributed by atoms with van der Waals surface area (Å²) in [6.45, 7) is 0.561. The molecule has 0 atom stereocenters. The number of methoxy groups -OCH3 is 1. The lowest BCUT2D eigenvalue weighted by molar-refractivity contribution is -0.384. The van der Waals surface area contributed by atoms with Crippen LogP contribution in [0.25, 0.3) is 11.0 Å².